The third-order valence-electron chi connectivity index (χ3n) is 6.35. The van der Waals surface area contributed by atoms with E-state index in [9.17, 15) is 19.1 Å². The summed E-state index contributed by atoms with van der Waals surface area (Å²) in [7, 11) is 0. The van der Waals surface area contributed by atoms with Crippen LogP contribution in [0.3, 0.4) is 0 Å². The first-order chi connectivity index (χ1) is 13.4. The van der Waals surface area contributed by atoms with Gasteiger partial charge in [-0.05, 0) is 31.2 Å². The van der Waals surface area contributed by atoms with E-state index < -0.39 is 22.8 Å². The number of carboxylic acid groups (broad SMARTS) is 1. The zero-order valence-electron chi connectivity index (χ0n) is 16.0. The largest absolute Gasteiger partial charge is 0.477 e. The molecule has 4 rings (SSSR count). The van der Waals surface area contributed by atoms with Crippen molar-refractivity contribution in [3.63, 3.8) is 0 Å². The van der Waals surface area contributed by atoms with Crippen LogP contribution in [0.15, 0.2) is 17.1 Å². The highest BCUT2D eigenvalue weighted by atomic mass is 19.1. The summed E-state index contributed by atoms with van der Waals surface area (Å²) in [5.74, 6) is -0.744. The van der Waals surface area contributed by atoms with Gasteiger partial charge >= 0.3 is 5.97 Å². The van der Waals surface area contributed by atoms with Crippen LogP contribution in [0.5, 0.6) is 0 Å². The number of aromatic nitrogens is 1. The molecule has 2 fully saturated rings. The molecule has 1 aromatic heterocycles. The first-order valence-electron chi connectivity index (χ1n) is 10.1. The highest BCUT2D eigenvalue weighted by molar-refractivity contribution is 5.99. The van der Waals surface area contributed by atoms with E-state index in [2.05, 4.69) is 5.32 Å². The number of rotatable bonds is 5. The normalized spacial score (nSPS) is 22.4. The van der Waals surface area contributed by atoms with Crippen molar-refractivity contribution in [1.29, 1.82) is 0 Å². The molecule has 2 aliphatic carbocycles. The van der Waals surface area contributed by atoms with Crippen LogP contribution < -0.4 is 16.5 Å². The second kappa shape index (κ2) is 7.11. The van der Waals surface area contributed by atoms with Gasteiger partial charge in [-0.25, -0.2) is 9.18 Å². The molecule has 2 aliphatic rings. The van der Waals surface area contributed by atoms with Crippen LogP contribution in [-0.4, -0.2) is 21.7 Å². The van der Waals surface area contributed by atoms with E-state index in [0.717, 1.165) is 6.42 Å². The number of anilines is 2. The molecule has 150 valence electrons. The predicted molar refractivity (Wildman–Crippen MR) is 107 cm³/mol. The number of pyridine rings is 1. The van der Waals surface area contributed by atoms with Crippen molar-refractivity contribution in [3.05, 3.63) is 33.9 Å². The average Bonchev–Trinajstić information content (AvgIpc) is 3.45. The fourth-order valence-corrected chi connectivity index (χ4v) is 4.73. The molecular weight excluding hydrogens is 361 g/mol. The highest BCUT2D eigenvalue weighted by Crippen LogP contribution is 2.46. The van der Waals surface area contributed by atoms with Crippen LogP contribution in [-0.2, 0) is 6.54 Å². The lowest BCUT2D eigenvalue weighted by Gasteiger charge is -2.22. The number of benzene rings is 1. The van der Waals surface area contributed by atoms with E-state index >= 15 is 0 Å². The third-order valence-corrected chi connectivity index (χ3v) is 6.35. The van der Waals surface area contributed by atoms with Crippen molar-refractivity contribution in [2.45, 2.75) is 58.0 Å². The summed E-state index contributed by atoms with van der Waals surface area (Å²) in [4.78, 5) is 23.9. The van der Waals surface area contributed by atoms with Gasteiger partial charge in [-0.3, -0.25) is 4.79 Å². The van der Waals surface area contributed by atoms with E-state index in [1.165, 1.54) is 38.3 Å². The minimum atomic E-state index is -1.34. The minimum Gasteiger partial charge on any atom is -0.477 e. The Kier molecular flexibility index (Phi) is 4.77. The SMILES string of the molecule is CCn1cc(C(=O)O)c(=O)c2c(N)c(F)c(NC3CC3C3CCCCC3)cc21. The lowest BCUT2D eigenvalue weighted by molar-refractivity contribution is 0.0695. The molecular formula is C21H26FN3O3. The van der Waals surface area contributed by atoms with Crippen molar-refractivity contribution >= 4 is 28.2 Å². The molecule has 7 heteroatoms. The monoisotopic (exact) mass is 387 g/mol. The van der Waals surface area contributed by atoms with Gasteiger partial charge in [-0.2, -0.15) is 0 Å². The van der Waals surface area contributed by atoms with Gasteiger partial charge in [0.15, 0.2) is 5.82 Å². The van der Waals surface area contributed by atoms with Crippen LogP contribution in [0, 0.1) is 17.7 Å². The number of halogens is 1. The Hall–Kier alpha value is -2.57. The van der Waals surface area contributed by atoms with Crippen molar-refractivity contribution in [3.8, 4) is 0 Å². The predicted octanol–water partition coefficient (Wildman–Crippen LogP) is 3.82. The van der Waals surface area contributed by atoms with E-state index in [1.54, 1.807) is 10.6 Å². The van der Waals surface area contributed by atoms with Crippen molar-refractivity contribution in [2.75, 3.05) is 11.1 Å². The smallest absolute Gasteiger partial charge is 0.341 e. The second-order valence-corrected chi connectivity index (χ2v) is 8.06. The quantitative estimate of drug-likeness (QED) is 0.678. The second-order valence-electron chi connectivity index (χ2n) is 8.06. The fourth-order valence-electron chi connectivity index (χ4n) is 4.73. The Morgan fingerprint density at radius 1 is 1.36 bits per heavy atom. The molecule has 2 aromatic rings. The number of aromatic carboxylic acids is 1. The Balaban J connectivity index is 1.71. The number of nitrogen functional groups attached to an aromatic ring is 1. The van der Waals surface area contributed by atoms with Gasteiger partial charge in [0.25, 0.3) is 0 Å². The van der Waals surface area contributed by atoms with E-state index in [1.807, 2.05) is 6.92 Å². The van der Waals surface area contributed by atoms with Gasteiger partial charge in [0.1, 0.15) is 5.56 Å². The number of hydrogen-bond acceptors (Lipinski definition) is 4. The molecule has 0 bridgehead atoms. The van der Waals surface area contributed by atoms with Gasteiger partial charge in [0.2, 0.25) is 5.43 Å². The van der Waals surface area contributed by atoms with Gasteiger partial charge in [0, 0.05) is 18.8 Å². The summed E-state index contributed by atoms with van der Waals surface area (Å²) in [6.45, 7) is 2.28. The van der Waals surface area contributed by atoms with E-state index in [0.29, 0.717) is 23.9 Å². The molecule has 1 heterocycles. The molecule has 0 amide bonds. The van der Waals surface area contributed by atoms with Crippen molar-refractivity contribution in [1.82, 2.24) is 4.57 Å². The fraction of sp³-hybridized carbons (Fsp3) is 0.524. The van der Waals surface area contributed by atoms with Crippen molar-refractivity contribution in [2.24, 2.45) is 11.8 Å². The summed E-state index contributed by atoms with van der Waals surface area (Å²) < 4.78 is 16.6. The Bertz CT molecular complexity index is 995. The number of nitrogens with two attached hydrogens (primary N) is 1. The zero-order chi connectivity index (χ0) is 20.0. The minimum absolute atomic E-state index is 0.0653. The van der Waals surface area contributed by atoms with Gasteiger partial charge in [-0.1, -0.05) is 32.1 Å². The summed E-state index contributed by atoms with van der Waals surface area (Å²) in [5, 5.41) is 12.5. The van der Waals surface area contributed by atoms with Gasteiger partial charge < -0.3 is 20.7 Å². The molecule has 28 heavy (non-hydrogen) atoms. The third kappa shape index (κ3) is 3.12. The number of aryl methyl sites for hydroxylation is 1. The molecule has 0 aliphatic heterocycles. The summed E-state index contributed by atoms with van der Waals surface area (Å²) in [6, 6.07) is 1.82. The maximum absolute atomic E-state index is 15.0. The summed E-state index contributed by atoms with van der Waals surface area (Å²) >= 11 is 0. The van der Waals surface area contributed by atoms with Crippen LogP contribution >= 0.6 is 0 Å². The van der Waals surface area contributed by atoms with Crippen molar-refractivity contribution < 1.29 is 14.3 Å². The van der Waals surface area contributed by atoms with Gasteiger partial charge in [-0.15, -0.1) is 0 Å². The first-order valence-corrected chi connectivity index (χ1v) is 10.1. The number of fused-ring (bicyclic) bond motifs is 1. The van der Waals surface area contributed by atoms with E-state index in [-0.39, 0.29) is 22.8 Å². The zero-order valence-corrected chi connectivity index (χ0v) is 16.0. The van der Waals surface area contributed by atoms with Crippen LogP contribution in [0.2, 0.25) is 0 Å². The molecule has 4 N–H and O–H groups in total. The summed E-state index contributed by atoms with van der Waals surface area (Å²) in [5.41, 5.74) is 5.27. The molecule has 2 unspecified atom stereocenters. The maximum Gasteiger partial charge on any atom is 0.341 e. The summed E-state index contributed by atoms with van der Waals surface area (Å²) in [6.07, 6.45) is 8.69. The van der Waals surface area contributed by atoms with E-state index in [4.69, 9.17) is 5.73 Å². The number of carboxylic acids is 1. The maximum atomic E-state index is 15.0. The average molecular weight is 387 g/mol. The number of hydrogen-bond donors (Lipinski definition) is 3. The Labute approximate surface area is 162 Å². The Morgan fingerprint density at radius 3 is 2.71 bits per heavy atom. The van der Waals surface area contributed by atoms with Crippen LogP contribution in [0.1, 0.15) is 55.8 Å². The molecule has 1 aromatic carbocycles. The molecule has 0 spiro atoms. The molecule has 0 radical (unpaired) electrons. The molecule has 0 saturated heterocycles. The standard InChI is InChI=1S/C21H26FN3O3/c1-2-25-10-13(21(27)28)20(26)17-16(25)9-15(18(22)19(17)23)24-14-8-12(14)11-6-4-3-5-7-11/h9-12,14,24H,2-8,23H2,1H3,(H,27,28). The lowest BCUT2D eigenvalue weighted by Crippen LogP contribution is -2.21. The topological polar surface area (TPSA) is 97.4 Å². The number of carbonyl (C=O) groups is 1. The molecule has 6 nitrogen and oxygen atoms in total. The lowest BCUT2D eigenvalue weighted by atomic mass is 9.85. The Morgan fingerprint density at radius 2 is 2.07 bits per heavy atom. The highest BCUT2D eigenvalue weighted by Gasteiger charge is 2.43. The first kappa shape index (κ1) is 18.8. The van der Waals surface area contributed by atoms with Gasteiger partial charge in [0.05, 0.1) is 22.3 Å². The number of nitrogens with zero attached hydrogens (tertiary/aromatic N) is 1. The van der Waals surface area contributed by atoms with Crippen LogP contribution in [0.4, 0.5) is 15.8 Å². The van der Waals surface area contributed by atoms with Crippen LogP contribution in [0.25, 0.3) is 10.9 Å². The molecule has 2 saturated carbocycles. The number of nitrogens with one attached hydrogen (secondary N) is 1. The molecule has 2 atom stereocenters.